The first kappa shape index (κ1) is 14.9. The Kier molecular flexibility index (Phi) is 4.41. The minimum absolute atomic E-state index is 0.0770. The highest BCUT2D eigenvalue weighted by molar-refractivity contribution is 5.87. The Labute approximate surface area is 102 Å². The van der Waals surface area contributed by atoms with Gasteiger partial charge >= 0.3 is 13.0 Å². The Morgan fingerprint density at radius 2 is 1.74 bits per heavy atom. The van der Waals surface area contributed by atoms with Gasteiger partial charge in [0.05, 0.1) is 5.56 Å². The second kappa shape index (κ2) is 5.63. The van der Waals surface area contributed by atoms with Gasteiger partial charge in [-0.25, -0.2) is 0 Å². The van der Waals surface area contributed by atoms with E-state index in [2.05, 4.69) is 9.47 Å². The van der Waals surface area contributed by atoms with Crippen LogP contribution in [0.4, 0.5) is 22.0 Å². The molecule has 0 aliphatic heterocycles. The van der Waals surface area contributed by atoms with Crippen molar-refractivity contribution in [2.45, 2.75) is 13.0 Å². The lowest BCUT2D eigenvalue weighted by atomic mass is 10.1. The topological polar surface area (TPSA) is 52.6 Å². The largest absolute Gasteiger partial charge is 0.573 e. The molecule has 0 unspecified atom stereocenters. The summed E-state index contributed by atoms with van der Waals surface area (Å²) in [7, 11) is 0. The first-order valence-corrected chi connectivity index (χ1v) is 4.55. The van der Waals surface area contributed by atoms with Crippen LogP contribution in [0, 0.1) is 0 Å². The summed E-state index contributed by atoms with van der Waals surface area (Å²) in [6, 6.07) is 1.35. The van der Waals surface area contributed by atoms with E-state index in [1.165, 1.54) is 0 Å². The van der Waals surface area contributed by atoms with Crippen LogP contribution in [0.15, 0.2) is 12.1 Å². The van der Waals surface area contributed by atoms with E-state index >= 15 is 0 Å². The molecule has 0 aliphatic rings. The van der Waals surface area contributed by atoms with Crippen molar-refractivity contribution in [3.8, 4) is 11.5 Å². The van der Waals surface area contributed by atoms with Gasteiger partial charge < -0.3 is 9.47 Å². The predicted molar refractivity (Wildman–Crippen MR) is 50.5 cm³/mol. The summed E-state index contributed by atoms with van der Waals surface area (Å²) in [6.45, 7) is -3.45. The molecule has 0 radical (unpaired) electrons. The minimum atomic E-state index is -5.21. The highest BCUT2D eigenvalue weighted by Crippen LogP contribution is 2.36. The van der Waals surface area contributed by atoms with E-state index in [0.29, 0.717) is 6.07 Å². The third-order valence-electron chi connectivity index (χ3n) is 1.80. The molecule has 0 atom stereocenters. The molecule has 0 saturated heterocycles. The Morgan fingerprint density at radius 3 is 2.16 bits per heavy atom. The van der Waals surface area contributed by atoms with Crippen LogP contribution in [0.3, 0.4) is 0 Å². The normalized spacial score (nSPS) is 11.3. The SMILES string of the molecule is O=Cc1cc(C=O)c(OC(F)(F)F)c(OC(F)F)c1. The molecule has 4 nitrogen and oxygen atoms in total. The van der Waals surface area contributed by atoms with E-state index in [4.69, 9.17) is 0 Å². The van der Waals surface area contributed by atoms with Gasteiger partial charge in [-0.15, -0.1) is 13.2 Å². The summed E-state index contributed by atoms with van der Waals surface area (Å²) < 4.78 is 67.7. The van der Waals surface area contributed by atoms with Crippen molar-refractivity contribution in [2.24, 2.45) is 0 Å². The second-order valence-corrected chi connectivity index (χ2v) is 3.10. The summed E-state index contributed by atoms with van der Waals surface area (Å²) in [5.41, 5.74) is -1.05. The van der Waals surface area contributed by atoms with Gasteiger partial charge in [-0.2, -0.15) is 8.78 Å². The lowest BCUT2D eigenvalue weighted by molar-refractivity contribution is -0.275. The summed E-state index contributed by atoms with van der Waals surface area (Å²) in [6.07, 6.45) is -5.13. The van der Waals surface area contributed by atoms with E-state index < -0.39 is 30.0 Å². The molecule has 0 spiro atoms. The van der Waals surface area contributed by atoms with E-state index in [1.807, 2.05) is 0 Å². The Balaban J connectivity index is 3.36. The Bertz CT molecular complexity index is 484. The van der Waals surface area contributed by atoms with Crippen LogP contribution in [0.25, 0.3) is 0 Å². The molecule has 0 amide bonds. The van der Waals surface area contributed by atoms with Gasteiger partial charge in [-0.1, -0.05) is 0 Å². The summed E-state index contributed by atoms with van der Waals surface area (Å²) in [5, 5.41) is 0. The Morgan fingerprint density at radius 1 is 1.11 bits per heavy atom. The quantitative estimate of drug-likeness (QED) is 0.616. The summed E-state index contributed by atoms with van der Waals surface area (Å²) in [5.74, 6) is -2.28. The fraction of sp³-hybridized carbons (Fsp3) is 0.200. The van der Waals surface area contributed by atoms with Gasteiger partial charge in [0.15, 0.2) is 17.8 Å². The number of carbonyl (C=O) groups is 2. The number of hydrogen-bond acceptors (Lipinski definition) is 4. The van der Waals surface area contributed by atoms with E-state index in [-0.39, 0.29) is 18.1 Å². The molecular formula is C10H5F5O4. The van der Waals surface area contributed by atoms with Crippen LogP contribution in [-0.2, 0) is 0 Å². The average molecular weight is 284 g/mol. The molecule has 0 saturated carbocycles. The molecule has 9 heteroatoms. The number of alkyl halides is 5. The van der Waals surface area contributed by atoms with E-state index in [9.17, 15) is 31.5 Å². The van der Waals surface area contributed by atoms with Gasteiger partial charge in [0, 0.05) is 5.56 Å². The molecule has 0 aliphatic carbocycles. The number of benzene rings is 1. The van der Waals surface area contributed by atoms with Crippen molar-refractivity contribution in [3.63, 3.8) is 0 Å². The number of carbonyl (C=O) groups excluding carboxylic acids is 2. The standard InChI is InChI=1S/C10H5F5O4/c11-9(12)18-7-2-5(3-16)1-6(4-17)8(7)19-10(13,14)15/h1-4,9H. The van der Waals surface area contributed by atoms with Gasteiger partial charge in [-0.3, -0.25) is 9.59 Å². The van der Waals surface area contributed by atoms with Crippen molar-refractivity contribution in [1.82, 2.24) is 0 Å². The van der Waals surface area contributed by atoms with Crippen LogP contribution in [0.5, 0.6) is 11.5 Å². The number of rotatable bonds is 5. The zero-order chi connectivity index (χ0) is 14.6. The van der Waals surface area contributed by atoms with Crippen molar-refractivity contribution >= 4 is 12.6 Å². The van der Waals surface area contributed by atoms with Crippen LogP contribution in [0.1, 0.15) is 20.7 Å². The zero-order valence-electron chi connectivity index (χ0n) is 8.91. The first-order valence-electron chi connectivity index (χ1n) is 4.55. The van der Waals surface area contributed by atoms with E-state index in [0.717, 1.165) is 6.07 Å². The van der Waals surface area contributed by atoms with Crippen molar-refractivity contribution in [1.29, 1.82) is 0 Å². The molecule has 0 aromatic heterocycles. The fourth-order valence-electron chi connectivity index (χ4n) is 1.21. The molecule has 1 rings (SSSR count). The third kappa shape index (κ3) is 4.19. The molecule has 1 aromatic carbocycles. The van der Waals surface area contributed by atoms with Crippen LogP contribution in [-0.4, -0.2) is 25.5 Å². The van der Waals surface area contributed by atoms with Crippen molar-refractivity contribution in [2.75, 3.05) is 0 Å². The highest BCUT2D eigenvalue weighted by Gasteiger charge is 2.34. The monoisotopic (exact) mass is 284 g/mol. The molecule has 0 heterocycles. The third-order valence-corrected chi connectivity index (χ3v) is 1.80. The number of halogens is 5. The molecule has 0 bridgehead atoms. The van der Waals surface area contributed by atoms with Gasteiger partial charge in [0.1, 0.15) is 6.29 Å². The molecule has 1 aromatic rings. The second-order valence-electron chi connectivity index (χ2n) is 3.10. The lowest BCUT2D eigenvalue weighted by Crippen LogP contribution is -2.19. The Hall–Kier alpha value is -2.19. The van der Waals surface area contributed by atoms with Crippen LogP contribution >= 0.6 is 0 Å². The maximum Gasteiger partial charge on any atom is 0.573 e. The maximum atomic E-state index is 12.1. The van der Waals surface area contributed by atoms with Crippen molar-refractivity contribution in [3.05, 3.63) is 23.3 Å². The number of aldehydes is 2. The van der Waals surface area contributed by atoms with Crippen LogP contribution < -0.4 is 9.47 Å². The predicted octanol–water partition coefficient (Wildman–Crippen LogP) is 2.81. The number of ether oxygens (including phenoxy) is 2. The first-order chi connectivity index (χ1) is 8.76. The highest BCUT2D eigenvalue weighted by atomic mass is 19.4. The van der Waals surface area contributed by atoms with Crippen LogP contribution in [0.2, 0.25) is 0 Å². The summed E-state index contributed by atoms with van der Waals surface area (Å²) in [4.78, 5) is 21.1. The zero-order valence-corrected chi connectivity index (χ0v) is 8.91. The molecule has 0 fully saturated rings. The van der Waals surface area contributed by atoms with Gasteiger partial charge in [0.25, 0.3) is 0 Å². The molecule has 0 N–H and O–H groups in total. The fourth-order valence-corrected chi connectivity index (χ4v) is 1.21. The maximum absolute atomic E-state index is 12.1. The number of hydrogen-bond donors (Lipinski definition) is 0. The van der Waals surface area contributed by atoms with Gasteiger partial charge in [0.2, 0.25) is 0 Å². The average Bonchev–Trinajstić information content (AvgIpc) is 2.28. The smallest absolute Gasteiger partial charge is 0.431 e. The molecule has 19 heavy (non-hydrogen) atoms. The van der Waals surface area contributed by atoms with Gasteiger partial charge in [-0.05, 0) is 12.1 Å². The molecule has 104 valence electrons. The van der Waals surface area contributed by atoms with E-state index in [1.54, 1.807) is 0 Å². The minimum Gasteiger partial charge on any atom is -0.431 e. The summed E-state index contributed by atoms with van der Waals surface area (Å²) >= 11 is 0. The van der Waals surface area contributed by atoms with Crippen molar-refractivity contribution < 1.29 is 41.0 Å². The molecular weight excluding hydrogens is 279 g/mol. The lowest BCUT2D eigenvalue weighted by Gasteiger charge is -2.15.